The number of nitrogens with one attached hydrogen (secondary N) is 1. The molecule has 1 N–H and O–H groups in total. The molecule has 0 aromatic carbocycles. The van der Waals surface area contributed by atoms with Gasteiger partial charge >= 0.3 is 12.1 Å². The number of ether oxygens (including phenoxy) is 1. The van der Waals surface area contributed by atoms with Crippen LogP contribution in [0.25, 0.3) is 11.7 Å². The normalized spacial score (nSPS) is 20.0. The fourth-order valence-electron chi connectivity index (χ4n) is 2.77. The van der Waals surface area contributed by atoms with E-state index in [9.17, 15) is 9.59 Å². The Hall–Kier alpha value is -3.04. The second kappa shape index (κ2) is 5.87. The van der Waals surface area contributed by atoms with E-state index < -0.39 is 0 Å². The van der Waals surface area contributed by atoms with Crippen molar-refractivity contribution >= 4 is 12.1 Å². The highest BCUT2D eigenvalue weighted by molar-refractivity contribution is 5.75. The molecule has 3 amide bonds. The van der Waals surface area contributed by atoms with Gasteiger partial charge in [-0.1, -0.05) is 5.16 Å². The van der Waals surface area contributed by atoms with Crippen LogP contribution in [0.1, 0.15) is 5.82 Å². The highest BCUT2D eigenvalue weighted by Crippen LogP contribution is 2.18. The summed E-state index contributed by atoms with van der Waals surface area (Å²) >= 11 is 0. The summed E-state index contributed by atoms with van der Waals surface area (Å²) in [5.74, 6) is 1.09. The third-order valence-electron chi connectivity index (χ3n) is 4.00. The number of nitrogens with zero attached hydrogens (tertiary/aromatic N) is 4. The highest BCUT2D eigenvalue weighted by atomic mass is 16.6. The lowest BCUT2D eigenvalue weighted by atomic mass is 10.2. The Morgan fingerprint density at radius 1 is 1.42 bits per heavy atom. The topological polar surface area (TPSA) is 114 Å². The number of amides is 3. The standard InChI is InChI=1S/C14H15N5O5/c20-13(18-3-4-19-9(7-18)8-23-14(19)21)15-6-11-16-12(24-17-11)10-2-1-5-22-10/h1-2,5,9H,3-4,6-8H2,(H,15,20)/t9-/m1/s1. The number of hydrogen-bond donors (Lipinski definition) is 1. The molecule has 4 rings (SSSR count). The Kier molecular flexibility index (Phi) is 3.56. The predicted molar refractivity (Wildman–Crippen MR) is 77.7 cm³/mol. The molecule has 1 atom stereocenters. The van der Waals surface area contributed by atoms with Crippen LogP contribution in [0.4, 0.5) is 9.59 Å². The number of urea groups is 1. The summed E-state index contributed by atoms with van der Waals surface area (Å²) in [5, 5.41) is 6.55. The number of piperazine rings is 1. The Labute approximate surface area is 136 Å². The maximum absolute atomic E-state index is 12.2. The maximum Gasteiger partial charge on any atom is 0.410 e. The third kappa shape index (κ3) is 2.66. The molecular weight excluding hydrogens is 318 g/mol. The zero-order valence-electron chi connectivity index (χ0n) is 12.7. The van der Waals surface area contributed by atoms with E-state index in [1.807, 2.05) is 0 Å². The van der Waals surface area contributed by atoms with Crippen molar-refractivity contribution < 1.29 is 23.3 Å². The van der Waals surface area contributed by atoms with E-state index in [1.165, 1.54) is 6.26 Å². The second-order valence-corrected chi connectivity index (χ2v) is 5.52. The molecule has 2 saturated heterocycles. The molecule has 2 aliphatic rings. The lowest BCUT2D eigenvalue weighted by molar-refractivity contribution is 0.127. The van der Waals surface area contributed by atoms with Crippen LogP contribution in [0.2, 0.25) is 0 Å². The highest BCUT2D eigenvalue weighted by Gasteiger charge is 2.38. The first kappa shape index (κ1) is 14.5. The van der Waals surface area contributed by atoms with Crippen LogP contribution in [-0.2, 0) is 11.3 Å². The van der Waals surface area contributed by atoms with Gasteiger partial charge in [-0.25, -0.2) is 9.59 Å². The van der Waals surface area contributed by atoms with Crippen LogP contribution in [0.15, 0.2) is 27.3 Å². The molecule has 0 radical (unpaired) electrons. The van der Waals surface area contributed by atoms with Gasteiger partial charge in [-0.05, 0) is 12.1 Å². The minimum absolute atomic E-state index is 0.0762. The van der Waals surface area contributed by atoms with Crippen molar-refractivity contribution in [2.75, 3.05) is 26.2 Å². The van der Waals surface area contributed by atoms with Gasteiger partial charge in [0, 0.05) is 19.6 Å². The molecule has 10 nitrogen and oxygen atoms in total. The summed E-state index contributed by atoms with van der Waals surface area (Å²) in [6, 6.07) is 3.12. The van der Waals surface area contributed by atoms with Gasteiger partial charge in [0.15, 0.2) is 11.6 Å². The number of rotatable bonds is 3. The zero-order chi connectivity index (χ0) is 16.5. The van der Waals surface area contributed by atoms with Crippen LogP contribution in [-0.4, -0.2) is 64.3 Å². The second-order valence-electron chi connectivity index (χ2n) is 5.52. The summed E-state index contributed by atoms with van der Waals surface area (Å²) in [5.41, 5.74) is 0. The molecule has 0 aliphatic carbocycles. The fourth-order valence-corrected chi connectivity index (χ4v) is 2.77. The number of cyclic esters (lactones) is 1. The summed E-state index contributed by atoms with van der Waals surface area (Å²) in [6.07, 6.45) is 1.20. The van der Waals surface area contributed by atoms with Crippen LogP contribution < -0.4 is 5.32 Å². The molecule has 126 valence electrons. The van der Waals surface area contributed by atoms with Crippen LogP contribution in [0, 0.1) is 0 Å². The van der Waals surface area contributed by atoms with Gasteiger partial charge in [0.1, 0.15) is 6.61 Å². The summed E-state index contributed by atoms with van der Waals surface area (Å²) in [6.45, 7) is 1.84. The Morgan fingerprint density at radius 3 is 3.17 bits per heavy atom. The third-order valence-corrected chi connectivity index (χ3v) is 4.00. The predicted octanol–water partition coefficient (Wildman–Crippen LogP) is 0.676. The van der Waals surface area contributed by atoms with Gasteiger partial charge in [-0.3, -0.25) is 4.90 Å². The molecule has 0 saturated carbocycles. The van der Waals surface area contributed by atoms with Gasteiger partial charge in [0.05, 0.1) is 18.8 Å². The lowest BCUT2D eigenvalue weighted by Gasteiger charge is -2.35. The van der Waals surface area contributed by atoms with E-state index in [4.69, 9.17) is 13.7 Å². The van der Waals surface area contributed by atoms with Gasteiger partial charge in [0.2, 0.25) is 0 Å². The average molecular weight is 333 g/mol. The molecule has 24 heavy (non-hydrogen) atoms. The minimum atomic E-state index is -0.308. The summed E-state index contributed by atoms with van der Waals surface area (Å²) < 4.78 is 15.2. The van der Waals surface area contributed by atoms with Crippen molar-refractivity contribution in [2.24, 2.45) is 0 Å². The Bertz CT molecular complexity index is 743. The molecular formula is C14H15N5O5. The number of fused-ring (bicyclic) bond motifs is 1. The van der Waals surface area contributed by atoms with Gasteiger partial charge in [-0.2, -0.15) is 4.98 Å². The number of carbonyl (C=O) groups is 2. The first-order chi connectivity index (χ1) is 11.7. The van der Waals surface area contributed by atoms with Crippen molar-refractivity contribution in [1.82, 2.24) is 25.3 Å². The first-order valence-electron chi connectivity index (χ1n) is 7.53. The van der Waals surface area contributed by atoms with Gasteiger partial charge in [-0.15, -0.1) is 0 Å². The first-order valence-corrected chi connectivity index (χ1v) is 7.53. The van der Waals surface area contributed by atoms with Gasteiger partial charge in [0.25, 0.3) is 5.89 Å². The Balaban J connectivity index is 1.31. The SMILES string of the molecule is O=C(NCc1noc(-c2ccco2)n1)N1CCN2C(=O)OC[C@H]2C1. The van der Waals surface area contributed by atoms with Crippen molar-refractivity contribution in [1.29, 1.82) is 0 Å². The van der Waals surface area contributed by atoms with Gasteiger partial charge < -0.3 is 23.9 Å². The monoisotopic (exact) mass is 333 g/mol. The van der Waals surface area contributed by atoms with E-state index in [0.29, 0.717) is 37.8 Å². The zero-order valence-corrected chi connectivity index (χ0v) is 12.7. The molecule has 2 fully saturated rings. The lowest BCUT2D eigenvalue weighted by Crippen LogP contribution is -2.55. The van der Waals surface area contributed by atoms with Crippen LogP contribution in [0.5, 0.6) is 0 Å². The van der Waals surface area contributed by atoms with Crippen molar-refractivity contribution in [2.45, 2.75) is 12.6 Å². The quantitative estimate of drug-likeness (QED) is 0.878. The summed E-state index contributed by atoms with van der Waals surface area (Å²) in [7, 11) is 0. The Morgan fingerprint density at radius 2 is 2.33 bits per heavy atom. The molecule has 0 unspecified atom stereocenters. The molecule has 0 spiro atoms. The molecule has 2 aromatic heterocycles. The van der Waals surface area contributed by atoms with Crippen LogP contribution in [0.3, 0.4) is 0 Å². The molecule has 10 heteroatoms. The van der Waals surface area contributed by atoms with E-state index in [2.05, 4.69) is 15.5 Å². The van der Waals surface area contributed by atoms with E-state index in [1.54, 1.807) is 21.9 Å². The van der Waals surface area contributed by atoms with E-state index in [0.717, 1.165) is 0 Å². The smallest absolute Gasteiger partial charge is 0.410 e. The molecule has 4 heterocycles. The molecule has 0 bridgehead atoms. The van der Waals surface area contributed by atoms with E-state index in [-0.39, 0.29) is 30.6 Å². The fraction of sp³-hybridized carbons (Fsp3) is 0.429. The van der Waals surface area contributed by atoms with Crippen molar-refractivity contribution in [3.63, 3.8) is 0 Å². The van der Waals surface area contributed by atoms with Crippen molar-refractivity contribution in [3.8, 4) is 11.7 Å². The van der Waals surface area contributed by atoms with Crippen LogP contribution >= 0.6 is 0 Å². The van der Waals surface area contributed by atoms with E-state index >= 15 is 0 Å². The molecule has 2 aromatic rings. The number of furan rings is 1. The average Bonchev–Trinajstić information content (AvgIpc) is 3.33. The molecule has 2 aliphatic heterocycles. The number of hydrogen-bond acceptors (Lipinski definition) is 7. The number of aromatic nitrogens is 2. The maximum atomic E-state index is 12.2. The minimum Gasteiger partial charge on any atom is -0.459 e. The summed E-state index contributed by atoms with van der Waals surface area (Å²) in [4.78, 5) is 31.1. The largest absolute Gasteiger partial charge is 0.459 e. The van der Waals surface area contributed by atoms with Crippen molar-refractivity contribution in [3.05, 3.63) is 24.2 Å². The number of carbonyl (C=O) groups excluding carboxylic acids is 2.